The SMILES string of the molecule is CC(C)(C)OC(=O)N[C@@H](C(=O)N1CCCC1C(=O)O)c1ccccc1. The fraction of sp³-hybridized carbons (Fsp3) is 0.500. The molecular weight excluding hydrogens is 324 g/mol. The number of ether oxygens (including phenoxy) is 1. The fourth-order valence-electron chi connectivity index (χ4n) is 2.81. The molecule has 1 saturated heterocycles. The molecule has 0 aliphatic carbocycles. The molecule has 1 heterocycles. The van der Waals surface area contributed by atoms with Crippen molar-refractivity contribution in [3.8, 4) is 0 Å². The molecule has 2 rings (SSSR count). The topological polar surface area (TPSA) is 95.9 Å². The summed E-state index contributed by atoms with van der Waals surface area (Å²) >= 11 is 0. The van der Waals surface area contributed by atoms with Crippen LogP contribution >= 0.6 is 0 Å². The van der Waals surface area contributed by atoms with Gasteiger partial charge in [-0.1, -0.05) is 30.3 Å². The normalized spacial score (nSPS) is 18.5. The number of benzene rings is 1. The summed E-state index contributed by atoms with van der Waals surface area (Å²) < 4.78 is 5.24. The Morgan fingerprint density at radius 3 is 2.44 bits per heavy atom. The van der Waals surface area contributed by atoms with Crippen molar-refractivity contribution in [2.24, 2.45) is 0 Å². The Kier molecular flexibility index (Phi) is 5.66. The monoisotopic (exact) mass is 348 g/mol. The number of amides is 2. The van der Waals surface area contributed by atoms with Gasteiger partial charge in [0.05, 0.1) is 0 Å². The number of carbonyl (C=O) groups excluding carboxylic acids is 2. The van der Waals surface area contributed by atoms with Gasteiger partial charge in [-0.25, -0.2) is 9.59 Å². The maximum Gasteiger partial charge on any atom is 0.408 e. The summed E-state index contributed by atoms with van der Waals surface area (Å²) in [5.74, 6) is -1.48. The number of carboxylic acid groups (broad SMARTS) is 1. The lowest BCUT2D eigenvalue weighted by Gasteiger charge is -2.28. The van der Waals surface area contributed by atoms with Gasteiger partial charge in [0.2, 0.25) is 0 Å². The van der Waals surface area contributed by atoms with E-state index in [0.717, 1.165) is 0 Å². The predicted octanol–water partition coefficient (Wildman–Crippen LogP) is 2.33. The summed E-state index contributed by atoms with van der Waals surface area (Å²) in [5.41, 5.74) is -0.125. The van der Waals surface area contributed by atoms with Crippen LogP contribution in [0.4, 0.5) is 4.79 Å². The highest BCUT2D eigenvalue weighted by atomic mass is 16.6. The number of nitrogens with one attached hydrogen (secondary N) is 1. The van der Waals surface area contributed by atoms with E-state index in [1.165, 1.54) is 4.90 Å². The van der Waals surface area contributed by atoms with Gasteiger partial charge in [-0.3, -0.25) is 4.79 Å². The number of nitrogens with zero attached hydrogens (tertiary/aromatic N) is 1. The summed E-state index contributed by atoms with van der Waals surface area (Å²) in [5, 5.41) is 11.9. The third-order valence-electron chi connectivity index (χ3n) is 3.86. The molecule has 25 heavy (non-hydrogen) atoms. The lowest BCUT2D eigenvalue weighted by atomic mass is 10.1. The molecule has 1 aromatic rings. The zero-order chi connectivity index (χ0) is 18.6. The highest BCUT2D eigenvalue weighted by Gasteiger charge is 2.38. The molecule has 2 amide bonds. The van der Waals surface area contributed by atoms with Gasteiger partial charge in [-0.15, -0.1) is 0 Å². The molecule has 7 nitrogen and oxygen atoms in total. The average molecular weight is 348 g/mol. The standard InChI is InChI=1S/C18H24N2O5/c1-18(2,3)25-17(24)19-14(12-8-5-4-6-9-12)15(21)20-11-7-10-13(20)16(22)23/h4-6,8-9,13-14H,7,10-11H2,1-3H3,(H,19,24)(H,22,23)/t13?,14-/m1/s1. The number of rotatable bonds is 4. The third kappa shape index (κ3) is 4.95. The minimum atomic E-state index is -1.03. The summed E-state index contributed by atoms with van der Waals surface area (Å²) in [7, 11) is 0. The molecule has 7 heteroatoms. The average Bonchev–Trinajstić information content (AvgIpc) is 3.01. The molecule has 2 N–H and O–H groups in total. The van der Waals surface area contributed by atoms with Crippen molar-refractivity contribution in [3.05, 3.63) is 35.9 Å². The Labute approximate surface area is 147 Å². The van der Waals surface area contributed by atoms with Gasteiger partial charge < -0.3 is 20.1 Å². The van der Waals surface area contributed by atoms with E-state index in [2.05, 4.69) is 5.32 Å². The van der Waals surface area contributed by atoms with Gasteiger partial charge in [-0.05, 0) is 39.2 Å². The van der Waals surface area contributed by atoms with Gasteiger partial charge in [-0.2, -0.15) is 0 Å². The van der Waals surface area contributed by atoms with E-state index < -0.39 is 35.7 Å². The van der Waals surface area contributed by atoms with Crippen LogP contribution in [0.1, 0.15) is 45.2 Å². The molecule has 2 atom stereocenters. The molecule has 1 aliphatic rings. The molecule has 0 spiro atoms. The minimum Gasteiger partial charge on any atom is -0.480 e. The van der Waals surface area contributed by atoms with Crippen LogP contribution in [0.5, 0.6) is 0 Å². The Balaban J connectivity index is 2.24. The number of carbonyl (C=O) groups is 3. The molecule has 0 aromatic heterocycles. The smallest absolute Gasteiger partial charge is 0.408 e. The first-order valence-electron chi connectivity index (χ1n) is 8.27. The summed E-state index contributed by atoms with van der Waals surface area (Å²) in [6.45, 7) is 5.54. The quantitative estimate of drug-likeness (QED) is 0.870. The van der Waals surface area contributed by atoms with Crippen LogP contribution in [-0.4, -0.2) is 46.2 Å². The van der Waals surface area contributed by atoms with Crippen molar-refractivity contribution in [1.29, 1.82) is 0 Å². The number of aliphatic carboxylic acids is 1. The zero-order valence-electron chi connectivity index (χ0n) is 14.7. The minimum absolute atomic E-state index is 0.356. The van der Waals surface area contributed by atoms with Crippen LogP contribution in [0.3, 0.4) is 0 Å². The lowest BCUT2D eigenvalue weighted by molar-refractivity contribution is -0.149. The van der Waals surface area contributed by atoms with E-state index in [-0.39, 0.29) is 0 Å². The zero-order valence-corrected chi connectivity index (χ0v) is 14.7. The molecular formula is C18H24N2O5. The molecule has 0 bridgehead atoms. The highest BCUT2D eigenvalue weighted by molar-refractivity contribution is 5.90. The highest BCUT2D eigenvalue weighted by Crippen LogP contribution is 2.24. The Hall–Kier alpha value is -2.57. The maximum atomic E-state index is 13.0. The van der Waals surface area contributed by atoms with Gasteiger partial charge in [0.1, 0.15) is 17.7 Å². The van der Waals surface area contributed by atoms with E-state index in [0.29, 0.717) is 24.9 Å². The Morgan fingerprint density at radius 2 is 1.88 bits per heavy atom. The van der Waals surface area contributed by atoms with Crippen LogP contribution in [0.15, 0.2) is 30.3 Å². The summed E-state index contributed by atoms with van der Waals surface area (Å²) in [6, 6.07) is 6.89. The third-order valence-corrected chi connectivity index (χ3v) is 3.86. The molecule has 1 unspecified atom stereocenters. The van der Waals surface area contributed by atoms with Crippen molar-refractivity contribution in [2.45, 2.75) is 51.3 Å². The van der Waals surface area contributed by atoms with Crippen molar-refractivity contribution in [2.75, 3.05) is 6.54 Å². The first kappa shape index (κ1) is 18.8. The fourth-order valence-corrected chi connectivity index (χ4v) is 2.81. The molecule has 1 aliphatic heterocycles. The summed E-state index contributed by atoms with van der Waals surface area (Å²) in [4.78, 5) is 37.8. The van der Waals surface area contributed by atoms with E-state index in [4.69, 9.17) is 4.74 Å². The number of carboxylic acids is 1. The molecule has 1 fully saturated rings. The number of hydrogen-bond acceptors (Lipinski definition) is 4. The van der Waals surface area contributed by atoms with Crippen molar-refractivity contribution < 1.29 is 24.2 Å². The number of hydrogen-bond donors (Lipinski definition) is 2. The molecule has 136 valence electrons. The first-order valence-corrected chi connectivity index (χ1v) is 8.27. The van der Waals surface area contributed by atoms with Crippen LogP contribution in [0.25, 0.3) is 0 Å². The molecule has 0 saturated carbocycles. The van der Waals surface area contributed by atoms with E-state index >= 15 is 0 Å². The van der Waals surface area contributed by atoms with Gasteiger partial charge in [0.15, 0.2) is 0 Å². The second-order valence-electron chi connectivity index (χ2n) is 7.02. The van der Waals surface area contributed by atoms with E-state index in [9.17, 15) is 19.5 Å². The van der Waals surface area contributed by atoms with Crippen molar-refractivity contribution in [1.82, 2.24) is 10.2 Å². The Morgan fingerprint density at radius 1 is 1.24 bits per heavy atom. The van der Waals surface area contributed by atoms with Crippen LogP contribution in [0.2, 0.25) is 0 Å². The van der Waals surface area contributed by atoms with Gasteiger partial charge in [0, 0.05) is 6.54 Å². The van der Waals surface area contributed by atoms with Crippen LogP contribution in [0, 0.1) is 0 Å². The molecule has 1 aromatic carbocycles. The van der Waals surface area contributed by atoms with E-state index in [1.807, 2.05) is 0 Å². The van der Waals surface area contributed by atoms with Crippen LogP contribution in [-0.2, 0) is 14.3 Å². The number of likely N-dealkylation sites (tertiary alicyclic amines) is 1. The maximum absolute atomic E-state index is 13.0. The van der Waals surface area contributed by atoms with Crippen LogP contribution < -0.4 is 5.32 Å². The van der Waals surface area contributed by atoms with Crippen molar-refractivity contribution >= 4 is 18.0 Å². The number of alkyl carbamates (subject to hydrolysis) is 1. The second-order valence-corrected chi connectivity index (χ2v) is 7.02. The Bertz CT molecular complexity index is 639. The second kappa shape index (κ2) is 7.55. The van der Waals surface area contributed by atoms with Gasteiger partial charge in [0.25, 0.3) is 5.91 Å². The van der Waals surface area contributed by atoms with E-state index in [1.54, 1.807) is 51.1 Å². The van der Waals surface area contributed by atoms with Gasteiger partial charge >= 0.3 is 12.1 Å². The van der Waals surface area contributed by atoms with Crippen molar-refractivity contribution in [3.63, 3.8) is 0 Å². The largest absolute Gasteiger partial charge is 0.480 e. The predicted molar refractivity (Wildman–Crippen MR) is 90.9 cm³/mol. The summed E-state index contributed by atoms with van der Waals surface area (Å²) in [6.07, 6.45) is 0.312. The molecule has 0 radical (unpaired) electrons. The lowest BCUT2D eigenvalue weighted by Crippen LogP contribution is -2.48. The first-order chi connectivity index (χ1) is 11.7.